The molecule has 0 rings (SSSR count). The van der Waals surface area contributed by atoms with Crippen molar-refractivity contribution in [1.29, 1.82) is 0 Å². The number of carbonyl (C=O) groups is 2. The Hall–Kier alpha value is -1.77. The topological polar surface area (TPSA) is 111 Å². The van der Waals surface area contributed by atoms with E-state index in [4.69, 9.17) is 18.5 Å². The van der Waals surface area contributed by atoms with Gasteiger partial charge in [-0.3, -0.25) is 14.2 Å². The van der Waals surface area contributed by atoms with Crippen molar-refractivity contribution in [2.75, 3.05) is 47.5 Å². The number of rotatable bonds is 35. The van der Waals surface area contributed by atoms with E-state index in [1.807, 2.05) is 21.1 Å². The molecule has 0 radical (unpaired) electrons. The Bertz CT molecular complexity index is 959. The van der Waals surface area contributed by atoms with Crippen LogP contribution in [0.4, 0.5) is 0 Å². The smallest absolute Gasteiger partial charge is 0.306 e. The van der Waals surface area contributed by atoms with E-state index in [1.165, 1.54) is 38.5 Å². The summed E-state index contributed by atoms with van der Waals surface area (Å²) in [5, 5.41) is 0. The largest absolute Gasteiger partial charge is 0.756 e. The van der Waals surface area contributed by atoms with E-state index in [9.17, 15) is 19.0 Å². The third-order valence-corrected chi connectivity index (χ3v) is 9.12. The predicted molar refractivity (Wildman–Crippen MR) is 204 cm³/mol. The van der Waals surface area contributed by atoms with Gasteiger partial charge in [-0.05, 0) is 57.8 Å². The fraction of sp³-hybridized carbons (Fsp3) is 0.800. The van der Waals surface area contributed by atoms with Gasteiger partial charge < -0.3 is 27.9 Å². The molecular weight excluding hydrogens is 653 g/mol. The number of unbranched alkanes of at least 4 members (excludes halogenated alkanes) is 16. The molecule has 0 heterocycles. The van der Waals surface area contributed by atoms with Gasteiger partial charge in [0.1, 0.15) is 19.8 Å². The molecule has 10 heteroatoms. The van der Waals surface area contributed by atoms with Crippen LogP contribution in [0.5, 0.6) is 0 Å². The summed E-state index contributed by atoms with van der Waals surface area (Å²) >= 11 is 0. The normalized spacial score (nSPS) is 14.1. The Labute approximate surface area is 306 Å². The summed E-state index contributed by atoms with van der Waals surface area (Å²) in [5.41, 5.74) is 0. The van der Waals surface area contributed by atoms with Crippen molar-refractivity contribution in [2.45, 2.75) is 161 Å². The molecular formula is C40H74NO8P. The number of nitrogens with zero attached hydrogens (tertiary/aromatic N) is 1. The van der Waals surface area contributed by atoms with Gasteiger partial charge in [0.15, 0.2) is 6.10 Å². The summed E-state index contributed by atoms with van der Waals surface area (Å²) in [6.45, 7) is 4.12. The van der Waals surface area contributed by atoms with Crippen molar-refractivity contribution in [3.63, 3.8) is 0 Å². The zero-order chi connectivity index (χ0) is 37.2. The minimum atomic E-state index is -4.62. The first kappa shape index (κ1) is 48.2. The maximum absolute atomic E-state index is 12.6. The Morgan fingerprint density at radius 2 is 1.10 bits per heavy atom. The SMILES string of the molecule is CCCC/C=C/CCCCCCCC(=O)O[C@H](COC(=O)CCCCCCC/C=C/C=C/CCCCCC)COP(=O)([O-])OCC[N+](C)(C)C. The molecule has 0 amide bonds. The van der Waals surface area contributed by atoms with Crippen molar-refractivity contribution in [3.05, 3.63) is 36.5 Å². The average Bonchev–Trinajstić information content (AvgIpc) is 3.06. The van der Waals surface area contributed by atoms with E-state index < -0.39 is 32.5 Å². The van der Waals surface area contributed by atoms with Gasteiger partial charge in [0.25, 0.3) is 7.82 Å². The van der Waals surface area contributed by atoms with Crippen molar-refractivity contribution in [1.82, 2.24) is 0 Å². The maximum atomic E-state index is 12.6. The second kappa shape index (κ2) is 33.1. The van der Waals surface area contributed by atoms with Gasteiger partial charge >= 0.3 is 11.9 Å². The second-order valence-corrected chi connectivity index (χ2v) is 15.7. The minimum Gasteiger partial charge on any atom is -0.756 e. The number of esters is 2. The molecule has 2 atom stereocenters. The van der Waals surface area contributed by atoms with Gasteiger partial charge in [0.2, 0.25) is 0 Å². The molecule has 0 aliphatic rings. The highest BCUT2D eigenvalue weighted by Gasteiger charge is 2.21. The number of quaternary nitrogens is 1. The van der Waals surface area contributed by atoms with E-state index in [0.29, 0.717) is 23.9 Å². The molecule has 0 aliphatic carbocycles. The summed E-state index contributed by atoms with van der Waals surface area (Å²) in [6, 6.07) is 0. The molecule has 1 unspecified atom stereocenters. The van der Waals surface area contributed by atoms with Crippen LogP contribution in [0.15, 0.2) is 36.5 Å². The molecule has 0 saturated carbocycles. The third kappa shape index (κ3) is 36.0. The summed E-state index contributed by atoms with van der Waals surface area (Å²) < 4.78 is 33.7. The highest BCUT2D eigenvalue weighted by molar-refractivity contribution is 7.45. The van der Waals surface area contributed by atoms with E-state index in [-0.39, 0.29) is 26.1 Å². The molecule has 0 aromatic rings. The second-order valence-electron chi connectivity index (χ2n) is 14.3. The first-order valence-electron chi connectivity index (χ1n) is 19.7. The van der Waals surface area contributed by atoms with Crippen LogP contribution in [0, 0.1) is 0 Å². The van der Waals surface area contributed by atoms with E-state index in [2.05, 4.69) is 50.3 Å². The highest BCUT2D eigenvalue weighted by atomic mass is 31.2. The first-order valence-corrected chi connectivity index (χ1v) is 21.2. The summed E-state index contributed by atoms with van der Waals surface area (Å²) in [7, 11) is 1.15. The average molecular weight is 728 g/mol. The number of hydrogen-bond donors (Lipinski definition) is 0. The lowest BCUT2D eigenvalue weighted by molar-refractivity contribution is -0.870. The van der Waals surface area contributed by atoms with Crippen LogP contribution >= 0.6 is 7.82 Å². The Morgan fingerprint density at radius 3 is 1.66 bits per heavy atom. The van der Waals surface area contributed by atoms with Crippen LogP contribution in [0.3, 0.4) is 0 Å². The van der Waals surface area contributed by atoms with Crippen LogP contribution in [0.1, 0.15) is 155 Å². The van der Waals surface area contributed by atoms with Gasteiger partial charge in [-0.2, -0.15) is 0 Å². The third-order valence-electron chi connectivity index (χ3n) is 8.16. The number of ether oxygens (including phenoxy) is 2. The van der Waals surface area contributed by atoms with Crippen molar-refractivity contribution in [3.8, 4) is 0 Å². The minimum absolute atomic E-state index is 0.0356. The molecule has 0 aromatic heterocycles. The Kier molecular flexibility index (Phi) is 31.9. The van der Waals surface area contributed by atoms with Crippen LogP contribution in [-0.2, 0) is 32.7 Å². The number of allylic oxidation sites excluding steroid dienone is 6. The van der Waals surface area contributed by atoms with Gasteiger partial charge in [-0.15, -0.1) is 0 Å². The molecule has 0 fully saturated rings. The molecule has 0 aliphatic heterocycles. The predicted octanol–water partition coefficient (Wildman–Crippen LogP) is 9.94. The number of hydrogen-bond acceptors (Lipinski definition) is 8. The quantitative estimate of drug-likeness (QED) is 0.0158. The zero-order valence-electron chi connectivity index (χ0n) is 32.6. The Morgan fingerprint density at radius 1 is 0.620 bits per heavy atom. The number of phosphoric ester groups is 1. The lowest BCUT2D eigenvalue weighted by Crippen LogP contribution is -2.37. The van der Waals surface area contributed by atoms with Gasteiger partial charge in [-0.25, -0.2) is 0 Å². The zero-order valence-corrected chi connectivity index (χ0v) is 33.5. The van der Waals surface area contributed by atoms with Crippen LogP contribution < -0.4 is 4.89 Å². The van der Waals surface area contributed by atoms with E-state index in [1.54, 1.807) is 0 Å². The maximum Gasteiger partial charge on any atom is 0.306 e. The first-order chi connectivity index (χ1) is 24.0. The Balaban J connectivity index is 4.45. The van der Waals surface area contributed by atoms with E-state index >= 15 is 0 Å². The van der Waals surface area contributed by atoms with Crippen molar-refractivity contribution in [2.24, 2.45) is 0 Å². The summed E-state index contributed by atoms with van der Waals surface area (Å²) in [5.74, 6) is -0.867. The summed E-state index contributed by atoms with van der Waals surface area (Å²) in [4.78, 5) is 37.3. The standard InChI is InChI=1S/C40H74NO8P/c1-6-8-10-12-14-16-18-19-20-21-23-24-26-28-30-32-39(42)46-36-38(37-48-50(44,45)47-35-34-41(3,4)5)49-40(43)33-31-29-27-25-22-17-15-13-11-9-7-2/h13,15-16,18-20,38H,6-12,14,17,21-37H2,1-5H3/b15-13+,18-16+,20-19+/t38-/m1/s1. The number of likely N-dealkylation sites (N-methyl/N-ethyl adjacent to an activating group) is 1. The van der Waals surface area contributed by atoms with Crippen LogP contribution in [-0.4, -0.2) is 70.0 Å². The number of phosphoric acid groups is 1. The lowest BCUT2D eigenvalue weighted by atomic mass is 10.1. The molecule has 0 spiro atoms. The number of carbonyl (C=O) groups excluding carboxylic acids is 2. The molecule has 292 valence electrons. The summed E-state index contributed by atoms with van der Waals surface area (Å²) in [6.07, 6.45) is 34.5. The fourth-order valence-electron chi connectivity index (χ4n) is 4.98. The molecule has 0 N–H and O–H groups in total. The van der Waals surface area contributed by atoms with Crippen LogP contribution in [0.2, 0.25) is 0 Å². The van der Waals surface area contributed by atoms with Gasteiger partial charge in [-0.1, -0.05) is 121 Å². The fourth-order valence-corrected chi connectivity index (χ4v) is 5.71. The molecule has 0 aromatic carbocycles. The molecule has 50 heavy (non-hydrogen) atoms. The molecule has 0 bridgehead atoms. The van der Waals surface area contributed by atoms with E-state index in [0.717, 1.165) is 77.0 Å². The monoisotopic (exact) mass is 728 g/mol. The van der Waals surface area contributed by atoms with Crippen molar-refractivity contribution >= 4 is 19.8 Å². The highest BCUT2D eigenvalue weighted by Crippen LogP contribution is 2.38. The van der Waals surface area contributed by atoms with Gasteiger partial charge in [0, 0.05) is 12.8 Å². The lowest BCUT2D eigenvalue weighted by Gasteiger charge is -2.28. The molecule has 0 saturated heterocycles. The van der Waals surface area contributed by atoms with Crippen molar-refractivity contribution < 1.29 is 42.1 Å². The van der Waals surface area contributed by atoms with Gasteiger partial charge in [0.05, 0.1) is 27.7 Å². The van der Waals surface area contributed by atoms with Crippen LogP contribution in [0.25, 0.3) is 0 Å². The molecule has 9 nitrogen and oxygen atoms in total.